The molecule has 0 radical (unpaired) electrons. The Balaban J connectivity index is 0.000000720. The highest BCUT2D eigenvalue weighted by Gasteiger charge is 2.18. The minimum atomic E-state index is 0. The fourth-order valence-corrected chi connectivity index (χ4v) is 2.44. The summed E-state index contributed by atoms with van der Waals surface area (Å²) in [6.07, 6.45) is 3.61. The predicted molar refractivity (Wildman–Crippen MR) is 55.0 cm³/mol. The number of halogens is 1. The molecule has 0 spiro atoms. The first-order valence-electron chi connectivity index (χ1n) is 4.00. The van der Waals surface area contributed by atoms with Gasteiger partial charge in [0.15, 0.2) is 5.13 Å². The Kier molecular flexibility index (Phi) is 2.96. The molecule has 1 atom stereocenters. The third kappa shape index (κ3) is 1.72. The zero-order valence-corrected chi connectivity index (χ0v) is 8.67. The van der Waals surface area contributed by atoms with E-state index in [4.69, 9.17) is 5.73 Å². The summed E-state index contributed by atoms with van der Waals surface area (Å²) in [5.41, 5.74) is 6.87. The molecule has 0 aliphatic heterocycles. The van der Waals surface area contributed by atoms with Crippen molar-refractivity contribution in [2.75, 3.05) is 5.73 Å². The first kappa shape index (κ1) is 9.81. The molecule has 2 rings (SSSR count). The maximum Gasteiger partial charge on any atom is 0.180 e. The molecular weight excluding hydrogens is 192 g/mol. The van der Waals surface area contributed by atoms with Gasteiger partial charge in [0, 0.05) is 4.88 Å². The van der Waals surface area contributed by atoms with Gasteiger partial charge in [0.25, 0.3) is 0 Å². The molecule has 2 nitrogen and oxygen atoms in total. The van der Waals surface area contributed by atoms with Crippen LogP contribution in [0.25, 0.3) is 0 Å². The van der Waals surface area contributed by atoms with Gasteiger partial charge in [-0.2, -0.15) is 0 Å². The summed E-state index contributed by atoms with van der Waals surface area (Å²) >= 11 is 1.66. The van der Waals surface area contributed by atoms with Crippen LogP contribution in [0, 0.1) is 5.92 Å². The van der Waals surface area contributed by atoms with E-state index in [9.17, 15) is 0 Å². The molecule has 1 aliphatic carbocycles. The largest absolute Gasteiger partial charge is 0.375 e. The molecule has 0 aromatic carbocycles. The number of nitrogen functional groups attached to an aromatic ring is 1. The van der Waals surface area contributed by atoms with E-state index in [-0.39, 0.29) is 12.4 Å². The maximum atomic E-state index is 5.61. The SMILES string of the molecule is CC1CCc2sc(N)nc2C1.Cl. The van der Waals surface area contributed by atoms with Gasteiger partial charge in [0.1, 0.15) is 0 Å². The fraction of sp³-hybridized carbons (Fsp3) is 0.625. The molecule has 1 aliphatic rings. The number of aryl methyl sites for hydroxylation is 1. The highest BCUT2D eigenvalue weighted by molar-refractivity contribution is 7.15. The lowest BCUT2D eigenvalue weighted by atomic mass is 9.93. The maximum absolute atomic E-state index is 5.61. The van der Waals surface area contributed by atoms with Crippen LogP contribution < -0.4 is 5.73 Å². The zero-order valence-electron chi connectivity index (χ0n) is 7.04. The number of nitrogens with two attached hydrogens (primary N) is 1. The monoisotopic (exact) mass is 204 g/mol. The number of aromatic nitrogens is 1. The molecule has 0 bridgehead atoms. The van der Waals surface area contributed by atoms with Crippen LogP contribution in [0.3, 0.4) is 0 Å². The number of fused-ring (bicyclic) bond motifs is 1. The summed E-state index contributed by atoms with van der Waals surface area (Å²) in [6, 6.07) is 0. The molecule has 1 heterocycles. The van der Waals surface area contributed by atoms with Crippen LogP contribution >= 0.6 is 23.7 Å². The van der Waals surface area contributed by atoms with Crippen LogP contribution in [0.4, 0.5) is 5.13 Å². The van der Waals surface area contributed by atoms with E-state index in [1.807, 2.05) is 0 Å². The highest BCUT2D eigenvalue weighted by Crippen LogP contribution is 2.30. The Bertz CT molecular complexity index is 272. The van der Waals surface area contributed by atoms with Gasteiger partial charge in [0.05, 0.1) is 5.69 Å². The van der Waals surface area contributed by atoms with Crippen molar-refractivity contribution in [1.29, 1.82) is 0 Å². The van der Waals surface area contributed by atoms with Crippen LogP contribution in [0.5, 0.6) is 0 Å². The lowest BCUT2D eigenvalue weighted by molar-refractivity contribution is 0.499. The van der Waals surface area contributed by atoms with Crippen molar-refractivity contribution in [1.82, 2.24) is 4.98 Å². The van der Waals surface area contributed by atoms with E-state index in [2.05, 4.69) is 11.9 Å². The molecule has 0 saturated heterocycles. The zero-order chi connectivity index (χ0) is 7.84. The summed E-state index contributed by atoms with van der Waals surface area (Å²) in [7, 11) is 0. The third-order valence-electron chi connectivity index (χ3n) is 2.20. The fourth-order valence-electron chi connectivity index (χ4n) is 1.57. The van der Waals surface area contributed by atoms with E-state index in [0.29, 0.717) is 0 Å². The molecule has 1 unspecified atom stereocenters. The van der Waals surface area contributed by atoms with Gasteiger partial charge >= 0.3 is 0 Å². The topological polar surface area (TPSA) is 38.9 Å². The van der Waals surface area contributed by atoms with Crippen LogP contribution in [0.2, 0.25) is 0 Å². The second kappa shape index (κ2) is 3.62. The van der Waals surface area contributed by atoms with Gasteiger partial charge in [-0.25, -0.2) is 4.98 Å². The summed E-state index contributed by atoms with van der Waals surface area (Å²) in [5, 5.41) is 0.740. The van der Waals surface area contributed by atoms with Crippen LogP contribution in [-0.4, -0.2) is 4.98 Å². The summed E-state index contributed by atoms with van der Waals surface area (Å²) in [4.78, 5) is 5.72. The molecule has 2 N–H and O–H groups in total. The van der Waals surface area contributed by atoms with Gasteiger partial charge in [-0.15, -0.1) is 23.7 Å². The average Bonchev–Trinajstić information content (AvgIpc) is 2.27. The minimum absolute atomic E-state index is 0. The lowest BCUT2D eigenvalue weighted by Gasteiger charge is -2.15. The lowest BCUT2D eigenvalue weighted by Crippen LogP contribution is -2.09. The van der Waals surface area contributed by atoms with Crippen molar-refractivity contribution >= 4 is 28.9 Å². The van der Waals surface area contributed by atoms with Crippen molar-refractivity contribution < 1.29 is 0 Å². The average molecular weight is 205 g/mol. The van der Waals surface area contributed by atoms with E-state index < -0.39 is 0 Å². The van der Waals surface area contributed by atoms with Crippen molar-refractivity contribution in [3.63, 3.8) is 0 Å². The Morgan fingerprint density at radius 2 is 2.33 bits per heavy atom. The summed E-state index contributed by atoms with van der Waals surface area (Å²) in [5.74, 6) is 0.795. The second-order valence-electron chi connectivity index (χ2n) is 3.27. The van der Waals surface area contributed by atoms with Gasteiger partial charge in [-0.1, -0.05) is 6.92 Å². The summed E-state index contributed by atoms with van der Waals surface area (Å²) < 4.78 is 0. The molecule has 0 fully saturated rings. The molecule has 4 heteroatoms. The number of nitrogens with zero attached hydrogens (tertiary/aromatic N) is 1. The van der Waals surface area contributed by atoms with Crippen molar-refractivity contribution in [3.05, 3.63) is 10.6 Å². The van der Waals surface area contributed by atoms with Gasteiger partial charge in [0.2, 0.25) is 0 Å². The molecule has 68 valence electrons. The van der Waals surface area contributed by atoms with E-state index in [1.54, 1.807) is 11.3 Å². The first-order chi connectivity index (χ1) is 5.25. The van der Waals surface area contributed by atoms with Crippen molar-refractivity contribution in [2.24, 2.45) is 5.92 Å². The van der Waals surface area contributed by atoms with E-state index in [0.717, 1.165) is 17.5 Å². The molecule has 0 saturated carbocycles. The number of hydrogen-bond acceptors (Lipinski definition) is 3. The first-order valence-corrected chi connectivity index (χ1v) is 4.81. The van der Waals surface area contributed by atoms with Crippen molar-refractivity contribution in [2.45, 2.75) is 26.2 Å². The molecule has 12 heavy (non-hydrogen) atoms. The number of rotatable bonds is 0. The van der Waals surface area contributed by atoms with E-state index >= 15 is 0 Å². The quantitative estimate of drug-likeness (QED) is 0.704. The van der Waals surface area contributed by atoms with Gasteiger partial charge < -0.3 is 5.73 Å². The smallest absolute Gasteiger partial charge is 0.180 e. The summed E-state index contributed by atoms with van der Waals surface area (Å²) in [6.45, 7) is 2.28. The Morgan fingerprint density at radius 3 is 3.08 bits per heavy atom. The standard InChI is InChI=1S/C8H12N2S.ClH/c1-5-2-3-7-6(4-5)10-8(9)11-7;/h5H,2-4H2,1H3,(H2,9,10);1H. The van der Waals surface area contributed by atoms with E-state index in [1.165, 1.54) is 23.4 Å². The number of hydrogen-bond donors (Lipinski definition) is 1. The molecular formula is C8H13ClN2S. The normalized spacial score (nSPS) is 21.2. The van der Waals surface area contributed by atoms with Crippen LogP contribution in [0.15, 0.2) is 0 Å². The van der Waals surface area contributed by atoms with Crippen LogP contribution in [-0.2, 0) is 12.8 Å². The molecule has 1 aromatic rings. The second-order valence-corrected chi connectivity index (χ2v) is 4.39. The Morgan fingerprint density at radius 1 is 1.58 bits per heavy atom. The molecule has 0 amide bonds. The van der Waals surface area contributed by atoms with Gasteiger partial charge in [-0.05, 0) is 25.2 Å². The minimum Gasteiger partial charge on any atom is -0.375 e. The highest BCUT2D eigenvalue weighted by atomic mass is 35.5. The number of thiazole rings is 1. The van der Waals surface area contributed by atoms with Crippen molar-refractivity contribution in [3.8, 4) is 0 Å². The predicted octanol–water partition coefficient (Wildman–Crippen LogP) is 2.27. The Labute approximate surface area is 82.6 Å². The Hall–Kier alpha value is -0.280. The third-order valence-corrected chi connectivity index (χ3v) is 3.19. The van der Waals surface area contributed by atoms with Crippen LogP contribution in [0.1, 0.15) is 23.9 Å². The molecule has 1 aromatic heterocycles. The van der Waals surface area contributed by atoms with Gasteiger partial charge in [-0.3, -0.25) is 0 Å². The number of anilines is 1.